The third-order valence-electron chi connectivity index (χ3n) is 7.24. The van der Waals surface area contributed by atoms with Crippen molar-refractivity contribution < 1.29 is 14.5 Å². The molecule has 1 saturated heterocycles. The average molecular weight is 571 g/mol. The molecule has 0 aliphatic carbocycles. The number of hydrogen-bond donors (Lipinski definition) is 2. The molecule has 1 fully saturated rings. The lowest BCUT2D eigenvalue weighted by Crippen LogP contribution is -2.32. The zero-order valence-corrected chi connectivity index (χ0v) is 23.7. The Balaban J connectivity index is 1.51. The van der Waals surface area contributed by atoms with Crippen molar-refractivity contribution in [2.45, 2.75) is 32.4 Å². The van der Waals surface area contributed by atoms with Gasteiger partial charge in [-0.05, 0) is 68.0 Å². The van der Waals surface area contributed by atoms with Crippen molar-refractivity contribution >= 4 is 34.6 Å². The Morgan fingerprint density at radius 3 is 2.56 bits per heavy atom. The lowest BCUT2D eigenvalue weighted by Gasteiger charge is -2.28. The Bertz CT molecular complexity index is 1590. The van der Waals surface area contributed by atoms with Gasteiger partial charge < -0.3 is 24.8 Å². The largest absolute Gasteiger partial charge is 0.494 e. The van der Waals surface area contributed by atoms with Gasteiger partial charge in [0.25, 0.3) is 5.69 Å². The Hall–Kier alpha value is -4.77. The van der Waals surface area contributed by atoms with Crippen LogP contribution in [0.2, 0.25) is 0 Å². The van der Waals surface area contributed by atoms with Gasteiger partial charge in [-0.1, -0.05) is 24.3 Å². The summed E-state index contributed by atoms with van der Waals surface area (Å²) in [6.07, 6.45) is 1.98. The fraction of sp³-hybridized carbons (Fsp3) is 0.233. The molecule has 11 heteroatoms. The smallest absolute Gasteiger partial charge is 0.273 e. The minimum absolute atomic E-state index is 0.0474. The topological polar surface area (TPSA) is 115 Å². The highest BCUT2D eigenvalue weighted by molar-refractivity contribution is 7.80. The van der Waals surface area contributed by atoms with Crippen LogP contribution in [0.3, 0.4) is 0 Å². The minimum atomic E-state index is -0.443. The van der Waals surface area contributed by atoms with E-state index in [2.05, 4.69) is 21.7 Å². The number of carbonyl (C=O) groups is 1. The summed E-state index contributed by atoms with van der Waals surface area (Å²) in [5, 5.41) is 18.3. The Kier molecular flexibility index (Phi) is 7.97. The number of hydrogen-bond acceptors (Lipinski definition) is 6. The summed E-state index contributed by atoms with van der Waals surface area (Å²) < 4.78 is 7.58. The van der Waals surface area contributed by atoms with Gasteiger partial charge in [-0.3, -0.25) is 19.9 Å². The van der Waals surface area contributed by atoms with Gasteiger partial charge in [0, 0.05) is 42.3 Å². The molecule has 0 saturated carbocycles. The van der Waals surface area contributed by atoms with Crippen LogP contribution in [0, 0.1) is 24.0 Å². The molecule has 2 atom stereocenters. The van der Waals surface area contributed by atoms with Crippen molar-refractivity contribution in [2.75, 3.05) is 19.0 Å². The number of aryl methyl sites for hydroxylation is 1. The number of aromatic nitrogens is 2. The molecular formula is C30H30N6O4S. The van der Waals surface area contributed by atoms with E-state index in [1.807, 2.05) is 71.8 Å². The number of nitrogens with zero attached hydrogens (tertiary/aromatic N) is 4. The molecule has 4 aromatic rings. The normalized spacial score (nSPS) is 16.4. The number of nitro groups is 1. The lowest BCUT2D eigenvalue weighted by atomic mass is 9.96. The van der Waals surface area contributed by atoms with Crippen molar-refractivity contribution in [2.24, 2.45) is 0 Å². The molecular weight excluding hydrogens is 540 g/mol. The number of benzene rings is 2. The third-order valence-corrected chi connectivity index (χ3v) is 7.59. The standard InChI is InChI=1S/C30H30N6O4S/c1-19-17-23(20(2)35(19)25-13-12-22(36(38)39)18-26(25)40-3)29-28(24-11-7-8-15-31-24)33-30(41)34(29)16-14-27(37)32-21-9-5-4-6-10-21/h4-13,15,17-18,28-29H,14,16H2,1-3H3,(H,32,37)(H,33,41)/t28-,29-/m0/s1. The van der Waals surface area contributed by atoms with E-state index in [1.165, 1.54) is 19.2 Å². The van der Waals surface area contributed by atoms with Crippen LogP contribution in [0.4, 0.5) is 11.4 Å². The summed E-state index contributed by atoms with van der Waals surface area (Å²) in [5.41, 5.74) is 5.05. The van der Waals surface area contributed by atoms with Crippen LogP contribution >= 0.6 is 12.2 Å². The maximum atomic E-state index is 12.8. The highest BCUT2D eigenvalue weighted by Gasteiger charge is 2.41. The second-order valence-corrected chi connectivity index (χ2v) is 10.1. The molecule has 41 heavy (non-hydrogen) atoms. The molecule has 0 bridgehead atoms. The lowest BCUT2D eigenvalue weighted by molar-refractivity contribution is -0.384. The maximum Gasteiger partial charge on any atom is 0.273 e. The van der Waals surface area contributed by atoms with Crippen LogP contribution in [0.5, 0.6) is 5.75 Å². The summed E-state index contributed by atoms with van der Waals surface area (Å²) in [6, 6.07) is 21.3. The molecule has 2 aromatic carbocycles. The maximum absolute atomic E-state index is 12.8. The van der Waals surface area contributed by atoms with Crippen molar-refractivity contribution in [3.05, 3.63) is 112 Å². The number of pyridine rings is 1. The van der Waals surface area contributed by atoms with Crippen molar-refractivity contribution in [3.8, 4) is 11.4 Å². The average Bonchev–Trinajstić information content (AvgIpc) is 3.46. The van der Waals surface area contributed by atoms with E-state index in [0.717, 1.165) is 28.3 Å². The second kappa shape index (κ2) is 11.8. The highest BCUT2D eigenvalue weighted by atomic mass is 32.1. The quantitative estimate of drug-likeness (QED) is 0.156. The number of anilines is 1. The monoisotopic (exact) mass is 570 g/mol. The Morgan fingerprint density at radius 1 is 1.12 bits per heavy atom. The predicted molar refractivity (Wildman–Crippen MR) is 160 cm³/mol. The number of non-ortho nitro benzene ring substituents is 1. The first-order valence-electron chi connectivity index (χ1n) is 13.1. The van der Waals surface area contributed by atoms with Gasteiger partial charge in [-0.2, -0.15) is 0 Å². The molecule has 2 N–H and O–H groups in total. The van der Waals surface area contributed by atoms with E-state index in [0.29, 0.717) is 23.1 Å². The molecule has 210 valence electrons. The van der Waals surface area contributed by atoms with Crippen LogP contribution in [-0.2, 0) is 4.79 Å². The van der Waals surface area contributed by atoms with Gasteiger partial charge in [-0.15, -0.1) is 0 Å². The zero-order valence-electron chi connectivity index (χ0n) is 22.9. The number of methoxy groups -OCH3 is 1. The molecule has 0 unspecified atom stereocenters. The molecule has 0 radical (unpaired) electrons. The molecule has 2 aromatic heterocycles. The van der Waals surface area contributed by atoms with Gasteiger partial charge in [0.2, 0.25) is 5.91 Å². The summed E-state index contributed by atoms with van der Waals surface area (Å²) in [5.74, 6) is 0.281. The van der Waals surface area contributed by atoms with E-state index in [9.17, 15) is 14.9 Å². The first-order valence-corrected chi connectivity index (χ1v) is 13.5. The van der Waals surface area contributed by atoms with Crippen LogP contribution < -0.4 is 15.4 Å². The summed E-state index contributed by atoms with van der Waals surface area (Å²) in [7, 11) is 1.50. The van der Waals surface area contributed by atoms with Gasteiger partial charge in [0.15, 0.2) is 5.11 Å². The molecule has 10 nitrogen and oxygen atoms in total. The van der Waals surface area contributed by atoms with Gasteiger partial charge in [-0.25, -0.2) is 0 Å². The molecule has 0 spiro atoms. The summed E-state index contributed by atoms with van der Waals surface area (Å²) in [6.45, 7) is 4.37. The van der Waals surface area contributed by atoms with E-state index in [1.54, 1.807) is 12.3 Å². The molecule has 5 rings (SSSR count). The Morgan fingerprint density at radius 2 is 1.88 bits per heavy atom. The molecule has 1 aliphatic rings. The van der Waals surface area contributed by atoms with Crippen molar-refractivity contribution in [1.82, 2.24) is 19.8 Å². The third kappa shape index (κ3) is 5.62. The number of thiocarbonyl (C=S) groups is 1. The van der Waals surface area contributed by atoms with E-state index in [-0.39, 0.29) is 30.1 Å². The highest BCUT2D eigenvalue weighted by Crippen LogP contribution is 2.42. The number of ether oxygens (including phenoxy) is 1. The fourth-order valence-corrected chi connectivity index (χ4v) is 5.71. The van der Waals surface area contributed by atoms with E-state index in [4.69, 9.17) is 17.0 Å². The van der Waals surface area contributed by atoms with Gasteiger partial charge >= 0.3 is 0 Å². The van der Waals surface area contributed by atoms with Crippen LogP contribution in [-0.4, -0.2) is 44.0 Å². The summed E-state index contributed by atoms with van der Waals surface area (Å²) >= 11 is 5.80. The number of amides is 1. The van der Waals surface area contributed by atoms with Crippen LogP contribution in [0.25, 0.3) is 5.69 Å². The first-order chi connectivity index (χ1) is 19.8. The Labute approximate surface area is 243 Å². The van der Waals surface area contributed by atoms with E-state index >= 15 is 0 Å². The van der Waals surface area contributed by atoms with Crippen molar-refractivity contribution in [1.29, 1.82) is 0 Å². The number of rotatable bonds is 9. The van der Waals surface area contributed by atoms with Crippen molar-refractivity contribution in [3.63, 3.8) is 0 Å². The number of nitrogens with one attached hydrogen (secondary N) is 2. The van der Waals surface area contributed by atoms with Gasteiger partial charge in [0.1, 0.15) is 5.75 Å². The fourth-order valence-electron chi connectivity index (χ4n) is 5.37. The molecule has 3 heterocycles. The minimum Gasteiger partial charge on any atom is -0.494 e. The zero-order chi connectivity index (χ0) is 29.1. The summed E-state index contributed by atoms with van der Waals surface area (Å²) in [4.78, 5) is 30.4. The van der Waals surface area contributed by atoms with E-state index < -0.39 is 4.92 Å². The second-order valence-electron chi connectivity index (χ2n) is 9.76. The number of nitro benzene ring substituents is 1. The number of para-hydroxylation sites is 1. The first kappa shape index (κ1) is 27.8. The van der Waals surface area contributed by atoms with Crippen LogP contribution in [0.1, 0.15) is 41.1 Å². The predicted octanol–water partition coefficient (Wildman–Crippen LogP) is 5.41. The molecule has 1 aliphatic heterocycles. The van der Waals surface area contributed by atoms with Gasteiger partial charge in [0.05, 0.1) is 41.6 Å². The molecule has 1 amide bonds. The number of carbonyl (C=O) groups excluding carboxylic acids is 1. The van der Waals surface area contributed by atoms with Crippen LogP contribution in [0.15, 0.2) is 79.0 Å². The SMILES string of the molecule is COc1cc([N+](=O)[O-])ccc1-n1c(C)cc([C@H]2[C@H](c3ccccn3)NC(=S)N2CCC(=O)Nc2ccccc2)c1C.